The average molecular weight is 785 g/mol. The molecule has 2 aromatic heterocycles. The van der Waals surface area contributed by atoms with Crippen molar-refractivity contribution in [2.75, 3.05) is 18.9 Å². The first-order valence-electron chi connectivity index (χ1n) is 15.6. The Morgan fingerprint density at radius 2 is 1.68 bits per heavy atom. The molecule has 3 aromatic rings. The molecule has 1 aromatic carbocycles. The van der Waals surface area contributed by atoms with Crippen LogP contribution in [0, 0.1) is 13.8 Å². The van der Waals surface area contributed by atoms with E-state index in [2.05, 4.69) is 33.8 Å². The van der Waals surface area contributed by atoms with Gasteiger partial charge in [-0.15, -0.1) is 0 Å². The maximum Gasteiger partial charge on any atom is 0.481 e. The van der Waals surface area contributed by atoms with Gasteiger partial charge in [-0.2, -0.15) is 4.31 Å². The fraction of sp³-hybridized carbons (Fsp3) is 0.429. The van der Waals surface area contributed by atoms with E-state index in [0.717, 1.165) is 23.5 Å². The van der Waals surface area contributed by atoms with Crippen LogP contribution in [0.1, 0.15) is 17.4 Å². The molecule has 6 rings (SSSR count). The van der Waals surface area contributed by atoms with Crippen LogP contribution in [0.25, 0.3) is 33.6 Å². The monoisotopic (exact) mass is 784 g/mol. The predicted octanol–water partition coefficient (Wildman–Crippen LogP) is -1.82. The first-order chi connectivity index (χ1) is 24.9. The van der Waals surface area contributed by atoms with E-state index >= 15 is 0 Å². The van der Waals surface area contributed by atoms with Gasteiger partial charge in [-0.3, -0.25) is 28.2 Å². The van der Waals surface area contributed by atoms with E-state index < -0.39 is 89.4 Å². The minimum absolute atomic E-state index is 0.00831. The average Bonchev–Trinajstić information content (AvgIpc) is 3.63. The third-order valence-electron chi connectivity index (χ3n) is 8.54. The largest absolute Gasteiger partial charge is 0.481 e. The lowest BCUT2D eigenvalue weighted by molar-refractivity contribution is -0.0794. The fourth-order valence-corrected chi connectivity index (χ4v) is 7.78. The number of aliphatic hydroxyl groups is 5. The molecule has 23 nitrogen and oxygen atoms in total. The lowest BCUT2D eigenvalue weighted by Crippen LogP contribution is -2.42. The molecule has 3 aliphatic rings. The van der Waals surface area contributed by atoms with Crippen molar-refractivity contribution in [3.8, 4) is 11.4 Å². The molecular formula is C28H34N8O15P2. The van der Waals surface area contributed by atoms with Crippen LogP contribution in [0.3, 0.4) is 0 Å². The number of aliphatic hydroxyl groups excluding tert-OH is 5. The summed E-state index contributed by atoms with van der Waals surface area (Å²) in [7, 11) is -11.0. The number of nitrogens with zero attached hydrogens (tertiary/aromatic N) is 6. The molecule has 3 aliphatic heterocycles. The number of aromatic amines is 1. The Hall–Kier alpha value is -4.06. The summed E-state index contributed by atoms with van der Waals surface area (Å²) in [5, 5.41) is 53.1. The number of pyridine rings is 1. The van der Waals surface area contributed by atoms with Gasteiger partial charge in [0.2, 0.25) is 0 Å². The maximum atomic E-state index is 12.5. The third-order valence-corrected chi connectivity index (χ3v) is 11.1. The Morgan fingerprint density at radius 1 is 0.981 bits per heavy atom. The maximum absolute atomic E-state index is 12.5. The zero-order chi connectivity index (χ0) is 38.6. The molecule has 25 heteroatoms. The van der Waals surface area contributed by atoms with Crippen molar-refractivity contribution in [2.24, 2.45) is 0 Å². The van der Waals surface area contributed by atoms with Crippen LogP contribution >= 0.6 is 15.6 Å². The van der Waals surface area contributed by atoms with Crippen LogP contribution in [0.4, 0.5) is 5.82 Å². The van der Waals surface area contributed by atoms with E-state index in [1.807, 2.05) is 6.92 Å². The van der Waals surface area contributed by atoms with E-state index in [4.69, 9.17) is 15.0 Å². The second-order valence-electron chi connectivity index (χ2n) is 12.2. The number of aryl methyl sites for hydroxylation is 2. The molecular weight excluding hydrogens is 750 g/mol. The number of imidazole rings is 1. The van der Waals surface area contributed by atoms with Crippen LogP contribution in [0.2, 0.25) is 0 Å². The normalized spacial score (nSPS) is 23.3. The van der Waals surface area contributed by atoms with Gasteiger partial charge >= 0.3 is 15.6 Å². The third kappa shape index (κ3) is 7.93. The summed E-state index contributed by atoms with van der Waals surface area (Å²) in [4.78, 5) is 63.2. The quantitative estimate of drug-likeness (QED) is 0.0469. The Morgan fingerprint density at radius 3 is 2.42 bits per heavy atom. The highest BCUT2D eigenvalue weighted by Crippen LogP contribution is 2.60. The number of aromatic nitrogens is 7. The lowest BCUT2D eigenvalue weighted by atomic mass is 10.1. The standard InChI is InChI=1S/C28H34N8O15P2/c1-11-3-13-14(4-12(11)2)35(15-5-19(39)34-27(43)20(15)33-13)6-16(37)22(40)17(38)7-48-52(44,45)51-53(46,47)49-8-18-23(41)24(42)28(50-18)36-10-32-21-25(29)30-9-31-26(21)36/h3-5,9-10,16-18,22-24,28,37-38,40-42H,6-8H2,1-2H3,(H,44,45)(H,46,47)(H2,29,30,31)(H,34,39,43)/t16-,17+,18+,22-,23+,24+,28+/m0/s1. The highest BCUT2D eigenvalue weighted by molar-refractivity contribution is 7.61. The number of phosphoric acid groups is 2. The van der Waals surface area contributed by atoms with Gasteiger partial charge in [-0.1, -0.05) is 0 Å². The Kier molecular flexibility index (Phi) is 10.7. The van der Waals surface area contributed by atoms with E-state index in [9.17, 15) is 54.0 Å². The SMILES string of the molecule is Cc1cc2nc3c(=O)[nH]c(=O)cc-3n(C[C@H](O)[C@H](O)[C@H](O)COP(=O)(O)OP(=O)(O)OC[C@H]3O[C@@H](n4cnc5c(N)ncnc54)[C@H](O)[C@@H]3O)c2cc1C. The van der Waals surface area contributed by atoms with Crippen molar-refractivity contribution >= 4 is 43.7 Å². The van der Waals surface area contributed by atoms with Crippen molar-refractivity contribution in [2.45, 2.75) is 63.2 Å². The van der Waals surface area contributed by atoms with Crippen molar-refractivity contribution < 1.29 is 62.5 Å². The molecule has 0 bridgehead atoms. The zero-order valence-corrected chi connectivity index (χ0v) is 29.4. The number of hydrogen-bond donors (Lipinski definition) is 9. The molecule has 286 valence electrons. The van der Waals surface area contributed by atoms with Crippen LogP contribution in [-0.2, 0) is 33.8 Å². The number of fused-ring (bicyclic) bond motifs is 3. The number of benzene rings is 1. The second kappa shape index (κ2) is 14.6. The topological polar surface area (TPSA) is 350 Å². The zero-order valence-electron chi connectivity index (χ0n) is 27.6. The number of hydrogen-bond acceptors (Lipinski definition) is 18. The van der Waals surface area contributed by atoms with Crippen LogP contribution in [0.5, 0.6) is 0 Å². The number of phosphoric ester groups is 2. The number of H-pyrrole nitrogens is 1. The summed E-state index contributed by atoms with van der Waals surface area (Å²) in [5.74, 6) is 0.0316. The summed E-state index contributed by atoms with van der Waals surface area (Å²) in [6.07, 6.45) is -9.82. The molecule has 0 spiro atoms. The number of nitrogens with two attached hydrogens (primary N) is 1. The van der Waals surface area contributed by atoms with Crippen LogP contribution < -0.4 is 16.9 Å². The van der Waals surface area contributed by atoms with Crippen molar-refractivity contribution in [1.29, 1.82) is 0 Å². The van der Waals surface area contributed by atoms with E-state index in [0.29, 0.717) is 11.0 Å². The van der Waals surface area contributed by atoms with Gasteiger partial charge < -0.3 is 50.4 Å². The molecule has 10 N–H and O–H groups in total. The van der Waals surface area contributed by atoms with Crippen molar-refractivity contribution in [3.05, 3.63) is 62.7 Å². The molecule has 1 fully saturated rings. The van der Waals surface area contributed by atoms with Crippen molar-refractivity contribution in [3.63, 3.8) is 0 Å². The van der Waals surface area contributed by atoms with Gasteiger partial charge in [0.15, 0.2) is 23.4 Å². The summed E-state index contributed by atoms with van der Waals surface area (Å²) < 4.78 is 46.7. The summed E-state index contributed by atoms with van der Waals surface area (Å²) >= 11 is 0. The Bertz CT molecular complexity index is 2350. The second-order valence-corrected chi connectivity index (χ2v) is 15.3. The van der Waals surface area contributed by atoms with Gasteiger partial charge in [-0.05, 0) is 37.1 Å². The van der Waals surface area contributed by atoms with Gasteiger partial charge in [0.25, 0.3) is 11.1 Å². The van der Waals surface area contributed by atoms with Crippen LogP contribution in [-0.4, -0.2) is 119 Å². The molecule has 5 heterocycles. The van der Waals surface area contributed by atoms with E-state index in [1.165, 1.54) is 15.5 Å². The Labute approximate surface area is 296 Å². The molecule has 0 amide bonds. The molecule has 0 aliphatic carbocycles. The lowest BCUT2D eigenvalue weighted by Gasteiger charge is -2.26. The van der Waals surface area contributed by atoms with Gasteiger partial charge in [0, 0.05) is 6.07 Å². The van der Waals surface area contributed by atoms with Crippen molar-refractivity contribution in [1.82, 2.24) is 34.1 Å². The Balaban J connectivity index is 1.07. The first kappa shape index (κ1) is 38.7. The predicted molar refractivity (Wildman–Crippen MR) is 179 cm³/mol. The molecule has 53 heavy (non-hydrogen) atoms. The fourth-order valence-electron chi connectivity index (χ4n) is 5.69. The van der Waals surface area contributed by atoms with E-state index in [1.54, 1.807) is 19.1 Å². The highest BCUT2D eigenvalue weighted by atomic mass is 31.3. The van der Waals surface area contributed by atoms with Gasteiger partial charge in [-0.25, -0.2) is 29.1 Å². The number of nitrogen functional groups attached to an aromatic ring is 1. The molecule has 0 radical (unpaired) electrons. The minimum atomic E-state index is -5.53. The number of nitrogens with one attached hydrogen (secondary N) is 1. The smallest absolute Gasteiger partial charge is 0.388 e. The van der Waals surface area contributed by atoms with Crippen LogP contribution in [0.15, 0.2) is 40.4 Å². The molecule has 1 saturated heterocycles. The highest BCUT2D eigenvalue weighted by Gasteiger charge is 2.46. The minimum Gasteiger partial charge on any atom is -0.388 e. The molecule has 2 unspecified atom stereocenters. The van der Waals surface area contributed by atoms with E-state index in [-0.39, 0.29) is 28.4 Å². The summed E-state index contributed by atoms with van der Waals surface area (Å²) in [6.45, 7) is 0.914. The van der Waals surface area contributed by atoms with Gasteiger partial charge in [0.1, 0.15) is 48.5 Å². The number of anilines is 1. The number of rotatable bonds is 13. The first-order valence-corrected chi connectivity index (χ1v) is 18.5. The molecule has 0 saturated carbocycles. The number of ether oxygens (including phenoxy) is 1. The molecule has 9 atom stereocenters. The van der Waals surface area contributed by atoms with Gasteiger partial charge in [0.05, 0.1) is 42.8 Å². The summed E-state index contributed by atoms with van der Waals surface area (Å²) in [5.41, 5.74) is 6.70. The summed E-state index contributed by atoms with van der Waals surface area (Å²) in [6, 6.07) is 4.43.